The predicted octanol–water partition coefficient (Wildman–Crippen LogP) is 6.14. The molecule has 0 saturated carbocycles. The van der Waals surface area contributed by atoms with Crippen LogP contribution in [0.15, 0.2) is 59.5 Å². The second-order valence-corrected chi connectivity index (χ2v) is 8.38. The number of thiazole rings is 1. The molecule has 0 saturated heterocycles. The summed E-state index contributed by atoms with van der Waals surface area (Å²) in [5, 5.41) is 6.30. The van der Waals surface area contributed by atoms with Gasteiger partial charge < -0.3 is 5.32 Å². The van der Waals surface area contributed by atoms with Crippen molar-refractivity contribution in [1.29, 1.82) is 0 Å². The minimum Gasteiger partial charge on any atom is -0.301 e. The first kappa shape index (κ1) is 17.3. The maximum Gasteiger partial charge on any atom is 0.236 e. The van der Waals surface area contributed by atoms with Gasteiger partial charge in [-0.15, -0.1) is 11.8 Å². The highest BCUT2D eigenvalue weighted by molar-refractivity contribution is 8.00. The standard InChI is InChI=1S/C20H15ClN2OS2/c1-12-8-9-15-17(10-12)26-20(22-15)23-18(24)11-25-16-7-3-5-13-4-2-6-14(21)19(13)16/h2-10H,11H2,1H3,(H,22,23,24). The first-order valence-electron chi connectivity index (χ1n) is 8.07. The molecule has 3 aromatic carbocycles. The summed E-state index contributed by atoms with van der Waals surface area (Å²) in [6.07, 6.45) is 0. The van der Waals surface area contributed by atoms with Crippen LogP contribution in [0.25, 0.3) is 21.0 Å². The molecule has 0 bridgehead atoms. The quantitative estimate of drug-likeness (QED) is 0.419. The lowest BCUT2D eigenvalue weighted by Crippen LogP contribution is -2.13. The third-order valence-electron chi connectivity index (χ3n) is 3.96. The van der Waals surface area contributed by atoms with E-state index in [-0.39, 0.29) is 5.91 Å². The molecule has 130 valence electrons. The second kappa shape index (κ2) is 7.27. The van der Waals surface area contributed by atoms with Gasteiger partial charge in [-0.2, -0.15) is 0 Å². The Morgan fingerprint density at radius 3 is 2.85 bits per heavy atom. The van der Waals surface area contributed by atoms with Crippen molar-refractivity contribution in [3.8, 4) is 0 Å². The number of fused-ring (bicyclic) bond motifs is 2. The smallest absolute Gasteiger partial charge is 0.236 e. The molecular formula is C20H15ClN2OS2. The highest BCUT2D eigenvalue weighted by Crippen LogP contribution is 2.33. The van der Waals surface area contributed by atoms with Gasteiger partial charge in [0.1, 0.15) is 0 Å². The summed E-state index contributed by atoms with van der Waals surface area (Å²) >= 11 is 9.32. The molecule has 0 atom stereocenters. The topological polar surface area (TPSA) is 42.0 Å². The van der Waals surface area contributed by atoms with E-state index in [0.29, 0.717) is 15.9 Å². The summed E-state index contributed by atoms with van der Waals surface area (Å²) in [7, 11) is 0. The molecule has 4 aromatic rings. The van der Waals surface area contributed by atoms with E-state index in [0.717, 1.165) is 25.9 Å². The number of thioether (sulfide) groups is 1. The van der Waals surface area contributed by atoms with Gasteiger partial charge in [0.15, 0.2) is 5.13 Å². The van der Waals surface area contributed by atoms with Crippen molar-refractivity contribution in [1.82, 2.24) is 4.98 Å². The van der Waals surface area contributed by atoms with Crippen LogP contribution >= 0.6 is 34.7 Å². The summed E-state index contributed by atoms with van der Waals surface area (Å²) in [5.41, 5.74) is 2.09. The number of hydrogen-bond acceptors (Lipinski definition) is 4. The molecule has 0 unspecified atom stereocenters. The Morgan fingerprint density at radius 1 is 1.19 bits per heavy atom. The van der Waals surface area contributed by atoms with Crippen LogP contribution in [0.1, 0.15) is 5.56 Å². The second-order valence-electron chi connectivity index (χ2n) is 5.92. The fourth-order valence-corrected chi connectivity index (χ4v) is 4.99. The summed E-state index contributed by atoms with van der Waals surface area (Å²) < 4.78 is 1.08. The number of nitrogens with zero attached hydrogens (tertiary/aromatic N) is 1. The van der Waals surface area contributed by atoms with Gasteiger partial charge in [-0.1, -0.05) is 53.3 Å². The van der Waals surface area contributed by atoms with Crippen LogP contribution in [0.3, 0.4) is 0 Å². The largest absolute Gasteiger partial charge is 0.301 e. The van der Waals surface area contributed by atoms with Gasteiger partial charge >= 0.3 is 0 Å². The predicted molar refractivity (Wildman–Crippen MR) is 113 cm³/mol. The molecule has 0 aliphatic carbocycles. The van der Waals surface area contributed by atoms with E-state index in [1.807, 2.05) is 55.5 Å². The molecule has 1 N–H and O–H groups in total. The number of halogens is 1. The zero-order valence-corrected chi connectivity index (χ0v) is 16.3. The third-order valence-corrected chi connectivity index (χ3v) is 6.27. The Kier molecular flexibility index (Phi) is 4.85. The number of carbonyl (C=O) groups excluding carboxylic acids is 1. The van der Waals surface area contributed by atoms with E-state index in [4.69, 9.17) is 11.6 Å². The van der Waals surface area contributed by atoms with Crippen molar-refractivity contribution in [2.75, 3.05) is 11.1 Å². The fourth-order valence-electron chi connectivity index (χ4n) is 2.77. The molecular weight excluding hydrogens is 384 g/mol. The highest BCUT2D eigenvalue weighted by Gasteiger charge is 2.11. The van der Waals surface area contributed by atoms with Crippen LogP contribution in [0, 0.1) is 6.92 Å². The van der Waals surface area contributed by atoms with Crippen molar-refractivity contribution in [3.63, 3.8) is 0 Å². The number of aromatic nitrogens is 1. The molecule has 6 heteroatoms. The highest BCUT2D eigenvalue weighted by atomic mass is 35.5. The zero-order chi connectivity index (χ0) is 18.1. The van der Waals surface area contributed by atoms with Crippen molar-refractivity contribution in [3.05, 3.63) is 65.2 Å². The van der Waals surface area contributed by atoms with Crippen molar-refractivity contribution >= 4 is 66.7 Å². The average molecular weight is 399 g/mol. The maximum absolute atomic E-state index is 12.4. The van der Waals surface area contributed by atoms with Gasteiger partial charge in [0.25, 0.3) is 0 Å². The number of rotatable bonds is 4. The van der Waals surface area contributed by atoms with Crippen LogP contribution in [0.5, 0.6) is 0 Å². The van der Waals surface area contributed by atoms with E-state index in [1.165, 1.54) is 28.7 Å². The molecule has 4 rings (SSSR count). The first-order chi connectivity index (χ1) is 12.6. The van der Waals surface area contributed by atoms with E-state index in [9.17, 15) is 4.79 Å². The van der Waals surface area contributed by atoms with Gasteiger partial charge in [-0.05, 0) is 42.1 Å². The summed E-state index contributed by atoms with van der Waals surface area (Å²) in [5.74, 6) is 0.231. The Labute approximate surface area is 164 Å². The van der Waals surface area contributed by atoms with Crippen molar-refractivity contribution in [2.24, 2.45) is 0 Å². The molecule has 0 spiro atoms. The van der Waals surface area contributed by atoms with Crippen LogP contribution in [0.2, 0.25) is 5.02 Å². The fraction of sp³-hybridized carbons (Fsp3) is 0.100. The van der Waals surface area contributed by atoms with E-state index < -0.39 is 0 Å². The van der Waals surface area contributed by atoms with Crippen molar-refractivity contribution in [2.45, 2.75) is 11.8 Å². The van der Waals surface area contributed by atoms with Gasteiger partial charge in [0, 0.05) is 15.3 Å². The number of carbonyl (C=O) groups is 1. The molecule has 3 nitrogen and oxygen atoms in total. The molecule has 1 aromatic heterocycles. The zero-order valence-electron chi connectivity index (χ0n) is 14.0. The van der Waals surface area contributed by atoms with Crippen LogP contribution in [0.4, 0.5) is 5.13 Å². The van der Waals surface area contributed by atoms with Gasteiger partial charge in [-0.25, -0.2) is 4.98 Å². The van der Waals surface area contributed by atoms with E-state index in [2.05, 4.69) is 16.4 Å². The number of hydrogen-bond donors (Lipinski definition) is 1. The molecule has 0 aliphatic heterocycles. The van der Waals surface area contributed by atoms with Gasteiger partial charge in [-0.3, -0.25) is 4.79 Å². The SMILES string of the molecule is Cc1ccc2nc(NC(=O)CSc3cccc4cccc(Cl)c34)sc2c1. The Bertz CT molecular complexity index is 1120. The molecule has 1 heterocycles. The van der Waals surface area contributed by atoms with Crippen LogP contribution in [-0.4, -0.2) is 16.6 Å². The lowest BCUT2D eigenvalue weighted by Gasteiger charge is -2.07. The normalized spacial score (nSPS) is 11.2. The number of benzene rings is 3. The minimum atomic E-state index is -0.0742. The van der Waals surface area contributed by atoms with Gasteiger partial charge in [0.2, 0.25) is 5.91 Å². The molecule has 0 aliphatic rings. The van der Waals surface area contributed by atoms with Gasteiger partial charge in [0.05, 0.1) is 16.0 Å². The number of aryl methyl sites for hydroxylation is 1. The lowest BCUT2D eigenvalue weighted by atomic mass is 10.1. The number of anilines is 1. The number of amides is 1. The Morgan fingerprint density at radius 2 is 2.00 bits per heavy atom. The van der Waals surface area contributed by atoms with E-state index >= 15 is 0 Å². The minimum absolute atomic E-state index is 0.0742. The van der Waals surface area contributed by atoms with Crippen LogP contribution < -0.4 is 5.32 Å². The number of nitrogens with one attached hydrogen (secondary N) is 1. The van der Waals surface area contributed by atoms with Crippen LogP contribution in [-0.2, 0) is 4.79 Å². The Balaban J connectivity index is 1.48. The summed E-state index contributed by atoms with van der Waals surface area (Å²) in [4.78, 5) is 17.8. The summed E-state index contributed by atoms with van der Waals surface area (Å²) in [6.45, 7) is 2.05. The molecule has 0 radical (unpaired) electrons. The maximum atomic E-state index is 12.4. The monoisotopic (exact) mass is 398 g/mol. The van der Waals surface area contributed by atoms with Crippen molar-refractivity contribution < 1.29 is 4.79 Å². The first-order valence-corrected chi connectivity index (χ1v) is 10.3. The lowest BCUT2D eigenvalue weighted by molar-refractivity contribution is -0.113. The average Bonchev–Trinajstić information content (AvgIpc) is 3.01. The Hall–Kier alpha value is -2.08. The molecule has 1 amide bonds. The molecule has 26 heavy (non-hydrogen) atoms. The van der Waals surface area contributed by atoms with E-state index in [1.54, 1.807) is 0 Å². The third kappa shape index (κ3) is 3.56. The molecule has 0 fully saturated rings. The summed E-state index contributed by atoms with van der Waals surface area (Å²) in [6, 6.07) is 17.9.